The SMILES string of the molecule is C=C(OCC)C(=O)N(C)OC. The predicted molar refractivity (Wildman–Crippen MR) is 40.5 cm³/mol. The summed E-state index contributed by atoms with van der Waals surface area (Å²) < 4.78 is 4.86. The summed E-state index contributed by atoms with van der Waals surface area (Å²) in [5, 5.41) is 1.05. The highest BCUT2D eigenvalue weighted by atomic mass is 16.7. The van der Waals surface area contributed by atoms with Crippen LogP contribution in [0, 0.1) is 0 Å². The lowest BCUT2D eigenvalue weighted by atomic mass is 10.5. The van der Waals surface area contributed by atoms with Gasteiger partial charge in [-0.1, -0.05) is 6.58 Å². The quantitative estimate of drug-likeness (QED) is 0.342. The monoisotopic (exact) mass is 159 g/mol. The normalized spacial score (nSPS) is 9.00. The van der Waals surface area contributed by atoms with Crippen LogP contribution in [0.1, 0.15) is 6.92 Å². The van der Waals surface area contributed by atoms with Gasteiger partial charge >= 0.3 is 5.91 Å². The van der Waals surface area contributed by atoms with Gasteiger partial charge in [-0.3, -0.25) is 9.63 Å². The van der Waals surface area contributed by atoms with Gasteiger partial charge < -0.3 is 4.74 Å². The Balaban J connectivity index is 3.92. The van der Waals surface area contributed by atoms with Crippen LogP contribution in [0.3, 0.4) is 0 Å². The molecule has 0 aliphatic carbocycles. The molecule has 0 rings (SSSR count). The van der Waals surface area contributed by atoms with Crippen molar-refractivity contribution in [2.75, 3.05) is 20.8 Å². The van der Waals surface area contributed by atoms with E-state index in [9.17, 15) is 4.79 Å². The number of nitrogens with zero attached hydrogens (tertiary/aromatic N) is 1. The summed E-state index contributed by atoms with van der Waals surface area (Å²) in [5.74, 6) is -0.272. The van der Waals surface area contributed by atoms with Crippen LogP contribution in [0.4, 0.5) is 0 Å². The number of hydrogen-bond donors (Lipinski definition) is 0. The van der Waals surface area contributed by atoms with Crippen LogP contribution >= 0.6 is 0 Å². The van der Waals surface area contributed by atoms with E-state index in [2.05, 4.69) is 11.4 Å². The lowest BCUT2D eigenvalue weighted by Crippen LogP contribution is -2.27. The second-order valence-corrected chi connectivity index (χ2v) is 1.84. The highest BCUT2D eigenvalue weighted by Crippen LogP contribution is 1.98. The van der Waals surface area contributed by atoms with E-state index in [-0.39, 0.29) is 11.7 Å². The fourth-order valence-corrected chi connectivity index (χ4v) is 0.494. The van der Waals surface area contributed by atoms with Gasteiger partial charge in [0.15, 0.2) is 5.76 Å². The molecule has 0 spiro atoms. The Hall–Kier alpha value is -1.03. The molecule has 0 aliphatic heterocycles. The zero-order valence-corrected chi connectivity index (χ0v) is 7.09. The smallest absolute Gasteiger partial charge is 0.311 e. The molecule has 0 aromatic rings. The van der Waals surface area contributed by atoms with Crippen molar-refractivity contribution in [3.63, 3.8) is 0 Å². The minimum Gasteiger partial charge on any atom is -0.489 e. The maximum Gasteiger partial charge on any atom is 0.311 e. The van der Waals surface area contributed by atoms with Crippen molar-refractivity contribution in [2.24, 2.45) is 0 Å². The average Bonchev–Trinajstić information content (AvgIpc) is 2.02. The van der Waals surface area contributed by atoms with Crippen molar-refractivity contribution >= 4 is 5.91 Å². The molecule has 0 saturated carbocycles. The molecule has 4 heteroatoms. The maximum absolute atomic E-state index is 11.0. The molecular weight excluding hydrogens is 146 g/mol. The molecule has 0 radical (unpaired) electrons. The Bertz CT molecular complexity index is 156. The van der Waals surface area contributed by atoms with Gasteiger partial charge in [-0.05, 0) is 6.92 Å². The predicted octanol–water partition coefficient (Wildman–Crippen LogP) is 0.556. The summed E-state index contributed by atoms with van der Waals surface area (Å²) in [6, 6.07) is 0. The van der Waals surface area contributed by atoms with E-state index in [4.69, 9.17) is 4.74 Å². The average molecular weight is 159 g/mol. The van der Waals surface area contributed by atoms with Crippen molar-refractivity contribution in [1.29, 1.82) is 0 Å². The minimum atomic E-state index is -0.366. The van der Waals surface area contributed by atoms with Gasteiger partial charge in [0.25, 0.3) is 0 Å². The van der Waals surface area contributed by atoms with Crippen molar-refractivity contribution in [3.05, 3.63) is 12.3 Å². The van der Waals surface area contributed by atoms with Crippen molar-refractivity contribution < 1.29 is 14.4 Å². The van der Waals surface area contributed by atoms with Crippen LogP contribution in [0.2, 0.25) is 0 Å². The Kier molecular flexibility index (Phi) is 4.29. The number of ether oxygens (including phenoxy) is 1. The molecule has 0 aromatic heterocycles. The first kappa shape index (κ1) is 9.97. The molecule has 0 atom stereocenters. The van der Waals surface area contributed by atoms with Gasteiger partial charge in [0, 0.05) is 7.05 Å². The molecule has 0 N–H and O–H groups in total. The van der Waals surface area contributed by atoms with E-state index in [0.717, 1.165) is 5.06 Å². The van der Waals surface area contributed by atoms with Crippen LogP contribution in [-0.4, -0.2) is 31.7 Å². The summed E-state index contributed by atoms with van der Waals surface area (Å²) in [7, 11) is 2.89. The van der Waals surface area contributed by atoms with Gasteiger partial charge in [-0.25, -0.2) is 5.06 Å². The van der Waals surface area contributed by atoms with E-state index in [1.165, 1.54) is 14.2 Å². The fraction of sp³-hybridized carbons (Fsp3) is 0.571. The molecular formula is C7H13NO3. The number of amides is 1. The van der Waals surface area contributed by atoms with Crippen molar-refractivity contribution in [2.45, 2.75) is 6.92 Å². The first-order valence-electron chi connectivity index (χ1n) is 3.27. The molecule has 1 amide bonds. The molecule has 11 heavy (non-hydrogen) atoms. The second kappa shape index (κ2) is 4.73. The lowest BCUT2D eigenvalue weighted by molar-refractivity contribution is -0.167. The molecule has 0 aromatic carbocycles. The largest absolute Gasteiger partial charge is 0.489 e. The second-order valence-electron chi connectivity index (χ2n) is 1.84. The van der Waals surface area contributed by atoms with E-state index < -0.39 is 0 Å². The number of rotatable bonds is 4. The molecule has 4 nitrogen and oxygen atoms in total. The van der Waals surface area contributed by atoms with Crippen LogP contribution in [0.5, 0.6) is 0 Å². The maximum atomic E-state index is 11.0. The van der Waals surface area contributed by atoms with E-state index >= 15 is 0 Å². The molecule has 0 heterocycles. The number of likely N-dealkylation sites (N-methyl/N-ethyl adjacent to an activating group) is 1. The van der Waals surface area contributed by atoms with E-state index in [1.807, 2.05) is 0 Å². The van der Waals surface area contributed by atoms with Gasteiger partial charge in [0.2, 0.25) is 0 Å². The Morgan fingerprint density at radius 3 is 2.55 bits per heavy atom. The van der Waals surface area contributed by atoms with Crippen molar-refractivity contribution in [1.82, 2.24) is 5.06 Å². The summed E-state index contributed by atoms with van der Waals surface area (Å²) in [5.41, 5.74) is 0. The first-order chi connectivity index (χ1) is 5.13. The van der Waals surface area contributed by atoms with Gasteiger partial charge in [-0.15, -0.1) is 0 Å². The van der Waals surface area contributed by atoms with Gasteiger partial charge in [0.05, 0.1) is 13.7 Å². The Labute approximate surface area is 66.3 Å². The third-order valence-electron chi connectivity index (χ3n) is 1.12. The molecule has 64 valence electrons. The van der Waals surface area contributed by atoms with Crippen LogP contribution in [0.25, 0.3) is 0 Å². The number of hydrogen-bond acceptors (Lipinski definition) is 3. The third kappa shape index (κ3) is 3.04. The van der Waals surface area contributed by atoms with Crippen LogP contribution in [-0.2, 0) is 14.4 Å². The zero-order chi connectivity index (χ0) is 8.85. The van der Waals surface area contributed by atoms with Crippen LogP contribution < -0.4 is 0 Å². The summed E-state index contributed by atoms with van der Waals surface area (Å²) in [6.45, 7) is 5.64. The zero-order valence-electron chi connectivity index (χ0n) is 7.09. The number of carbonyl (C=O) groups is 1. The van der Waals surface area contributed by atoms with Gasteiger partial charge in [-0.2, -0.15) is 0 Å². The molecule has 0 saturated heterocycles. The standard InChI is InChI=1S/C7H13NO3/c1-5-11-6(2)7(9)8(3)10-4/h2,5H2,1,3-4H3. The number of carbonyl (C=O) groups excluding carboxylic acids is 1. The minimum absolute atomic E-state index is 0.0943. The summed E-state index contributed by atoms with van der Waals surface area (Å²) in [4.78, 5) is 15.7. The summed E-state index contributed by atoms with van der Waals surface area (Å²) in [6.07, 6.45) is 0. The van der Waals surface area contributed by atoms with Crippen molar-refractivity contribution in [3.8, 4) is 0 Å². The highest BCUT2D eigenvalue weighted by molar-refractivity contribution is 5.89. The fourth-order valence-electron chi connectivity index (χ4n) is 0.494. The van der Waals surface area contributed by atoms with Gasteiger partial charge in [0.1, 0.15) is 0 Å². The van der Waals surface area contributed by atoms with E-state index in [0.29, 0.717) is 6.61 Å². The highest BCUT2D eigenvalue weighted by Gasteiger charge is 2.12. The number of hydroxylamine groups is 2. The lowest BCUT2D eigenvalue weighted by Gasteiger charge is -2.14. The van der Waals surface area contributed by atoms with E-state index in [1.54, 1.807) is 6.92 Å². The topological polar surface area (TPSA) is 38.8 Å². The molecule has 0 aliphatic rings. The van der Waals surface area contributed by atoms with Crippen LogP contribution in [0.15, 0.2) is 12.3 Å². The third-order valence-corrected chi connectivity index (χ3v) is 1.12. The first-order valence-corrected chi connectivity index (χ1v) is 3.27. The Morgan fingerprint density at radius 2 is 2.18 bits per heavy atom. The summed E-state index contributed by atoms with van der Waals surface area (Å²) >= 11 is 0. The molecule has 0 unspecified atom stereocenters. The molecule has 0 bridgehead atoms. The molecule has 0 fully saturated rings. The Morgan fingerprint density at radius 1 is 1.64 bits per heavy atom.